The van der Waals surface area contributed by atoms with Crippen molar-refractivity contribution >= 4 is 0 Å². The molecule has 0 spiro atoms. The van der Waals surface area contributed by atoms with Gasteiger partial charge in [-0.2, -0.15) is 0 Å². The number of hydrogen-bond donors (Lipinski definition) is 1. The van der Waals surface area contributed by atoms with Crippen LogP contribution in [-0.2, 0) is 0 Å². The number of piperazine rings is 1. The Morgan fingerprint density at radius 3 is 2.46 bits per heavy atom. The molecule has 1 N–H and O–H groups in total. The maximum absolute atomic E-state index is 3.64. The van der Waals surface area contributed by atoms with E-state index < -0.39 is 0 Å². The van der Waals surface area contributed by atoms with Gasteiger partial charge < -0.3 is 5.32 Å². The summed E-state index contributed by atoms with van der Waals surface area (Å²) >= 11 is 0. The molecule has 0 aromatic rings. The fraction of sp³-hybridized carbons (Fsp3) is 1.00. The molecule has 1 aliphatic heterocycles. The van der Waals surface area contributed by atoms with Gasteiger partial charge in [0.05, 0.1) is 0 Å². The summed E-state index contributed by atoms with van der Waals surface area (Å²) < 4.78 is 0. The summed E-state index contributed by atoms with van der Waals surface area (Å²) in [6.07, 6.45) is 2.91. The number of nitrogens with one attached hydrogen (secondary N) is 1. The van der Waals surface area contributed by atoms with E-state index in [0.29, 0.717) is 5.54 Å². The summed E-state index contributed by atoms with van der Waals surface area (Å²) in [6.45, 7) is 10.6. The van der Waals surface area contributed by atoms with Gasteiger partial charge in [0.1, 0.15) is 0 Å². The number of rotatable bonds is 1. The Bertz CT molecular complexity index is 179. The molecule has 1 aliphatic carbocycles. The smallest absolute Gasteiger partial charge is 0.0223 e. The zero-order valence-corrected chi connectivity index (χ0v) is 9.14. The molecule has 2 nitrogen and oxygen atoms in total. The second-order valence-electron chi connectivity index (χ2n) is 5.51. The van der Waals surface area contributed by atoms with Crippen molar-refractivity contribution in [1.82, 2.24) is 10.2 Å². The molecule has 2 heteroatoms. The fourth-order valence-electron chi connectivity index (χ4n) is 2.20. The average Bonchev–Trinajstić information content (AvgIpc) is 2.85. The van der Waals surface area contributed by atoms with Gasteiger partial charge >= 0.3 is 0 Å². The second-order valence-corrected chi connectivity index (χ2v) is 5.51. The number of nitrogens with zero attached hydrogens (tertiary/aromatic N) is 1. The van der Waals surface area contributed by atoms with E-state index in [-0.39, 0.29) is 0 Å². The first-order chi connectivity index (χ1) is 6.07. The van der Waals surface area contributed by atoms with E-state index in [0.717, 1.165) is 12.0 Å². The normalized spacial score (nSPS) is 32.1. The molecule has 1 saturated heterocycles. The van der Waals surface area contributed by atoms with E-state index in [4.69, 9.17) is 0 Å². The molecule has 0 aromatic carbocycles. The lowest BCUT2D eigenvalue weighted by Crippen LogP contribution is -2.57. The van der Waals surface area contributed by atoms with Gasteiger partial charge in [-0.05, 0) is 39.5 Å². The van der Waals surface area contributed by atoms with Crippen molar-refractivity contribution in [3.8, 4) is 0 Å². The molecule has 0 amide bonds. The predicted octanol–water partition coefficient (Wildman–Crippen LogP) is 1.47. The summed E-state index contributed by atoms with van der Waals surface area (Å²) in [4.78, 5) is 2.62. The molecule has 2 aliphatic rings. The van der Waals surface area contributed by atoms with Crippen molar-refractivity contribution in [3.63, 3.8) is 0 Å². The Morgan fingerprint density at radius 2 is 1.92 bits per heavy atom. The van der Waals surface area contributed by atoms with Crippen molar-refractivity contribution in [2.24, 2.45) is 5.92 Å². The topological polar surface area (TPSA) is 15.3 Å². The molecule has 1 saturated carbocycles. The summed E-state index contributed by atoms with van der Waals surface area (Å²) in [5.74, 6) is 0.991. The third-order valence-corrected chi connectivity index (χ3v) is 3.35. The monoisotopic (exact) mass is 182 g/mol. The van der Waals surface area contributed by atoms with Crippen LogP contribution in [0.2, 0.25) is 0 Å². The highest BCUT2D eigenvalue weighted by molar-refractivity contribution is 4.93. The largest absolute Gasteiger partial charge is 0.311 e. The SMILES string of the molecule is CC(C)(C)N1CCN[C@H](C2CC2)C1. The third-order valence-electron chi connectivity index (χ3n) is 3.35. The molecule has 2 rings (SSSR count). The Balaban J connectivity index is 1.91. The highest BCUT2D eigenvalue weighted by Crippen LogP contribution is 2.34. The van der Waals surface area contributed by atoms with Crippen molar-refractivity contribution < 1.29 is 0 Å². The van der Waals surface area contributed by atoms with Gasteiger partial charge in [-0.1, -0.05) is 0 Å². The highest BCUT2D eigenvalue weighted by atomic mass is 15.2. The molecular formula is C11H22N2. The molecule has 0 aromatic heterocycles. The number of hydrogen-bond acceptors (Lipinski definition) is 2. The lowest BCUT2D eigenvalue weighted by molar-refractivity contribution is 0.0903. The summed E-state index contributed by atoms with van der Waals surface area (Å²) in [7, 11) is 0. The van der Waals surface area contributed by atoms with Crippen LogP contribution in [0.15, 0.2) is 0 Å². The minimum absolute atomic E-state index is 0.356. The van der Waals surface area contributed by atoms with E-state index in [9.17, 15) is 0 Å². The maximum atomic E-state index is 3.64. The van der Waals surface area contributed by atoms with E-state index in [1.807, 2.05) is 0 Å². The van der Waals surface area contributed by atoms with Crippen LogP contribution in [0, 0.1) is 5.92 Å². The maximum Gasteiger partial charge on any atom is 0.0223 e. The Hall–Kier alpha value is -0.0800. The van der Waals surface area contributed by atoms with E-state index in [2.05, 4.69) is 31.0 Å². The van der Waals surface area contributed by atoms with E-state index in [1.165, 1.54) is 32.5 Å². The van der Waals surface area contributed by atoms with E-state index >= 15 is 0 Å². The minimum atomic E-state index is 0.356. The minimum Gasteiger partial charge on any atom is -0.311 e. The quantitative estimate of drug-likeness (QED) is 0.660. The molecule has 2 fully saturated rings. The molecule has 0 bridgehead atoms. The average molecular weight is 182 g/mol. The molecule has 0 unspecified atom stereocenters. The summed E-state index contributed by atoms with van der Waals surface area (Å²) in [6, 6.07) is 0.785. The molecule has 76 valence electrons. The lowest BCUT2D eigenvalue weighted by Gasteiger charge is -2.42. The third kappa shape index (κ3) is 2.23. The first kappa shape index (κ1) is 9.47. The lowest BCUT2D eigenvalue weighted by atomic mass is 10.0. The first-order valence-electron chi connectivity index (χ1n) is 5.56. The Kier molecular flexibility index (Phi) is 2.37. The fourth-order valence-corrected chi connectivity index (χ4v) is 2.20. The first-order valence-corrected chi connectivity index (χ1v) is 5.56. The standard InChI is InChI=1S/C11H22N2/c1-11(2,3)13-7-6-12-10(8-13)9-4-5-9/h9-10,12H,4-8H2,1-3H3/t10-/m0/s1. The summed E-state index contributed by atoms with van der Waals surface area (Å²) in [5.41, 5.74) is 0.356. The highest BCUT2D eigenvalue weighted by Gasteiger charge is 2.36. The van der Waals surface area contributed by atoms with Crippen molar-refractivity contribution in [2.75, 3.05) is 19.6 Å². The van der Waals surface area contributed by atoms with Crippen molar-refractivity contribution in [2.45, 2.75) is 45.2 Å². The molecule has 0 radical (unpaired) electrons. The van der Waals surface area contributed by atoms with Crippen LogP contribution < -0.4 is 5.32 Å². The van der Waals surface area contributed by atoms with Crippen molar-refractivity contribution in [1.29, 1.82) is 0 Å². The molecule has 13 heavy (non-hydrogen) atoms. The van der Waals surface area contributed by atoms with Gasteiger partial charge in [0.2, 0.25) is 0 Å². The van der Waals surface area contributed by atoms with Crippen molar-refractivity contribution in [3.05, 3.63) is 0 Å². The van der Waals surface area contributed by atoms with Crippen LogP contribution in [0.4, 0.5) is 0 Å². The Morgan fingerprint density at radius 1 is 1.23 bits per heavy atom. The van der Waals surface area contributed by atoms with Crippen LogP contribution in [-0.4, -0.2) is 36.1 Å². The van der Waals surface area contributed by atoms with Crippen LogP contribution in [0.25, 0.3) is 0 Å². The molecular weight excluding hydrogens is 160 g/mol. The van der Waals surface area contributed by atoms with Gasteiger partial charge in [-0.3, -0.25) is 4.90 Å². The van der Waals surface area contributed by atoms with E-state index in [1.54, 1.807) is 0 Å². The van der Waals surface area contributed by atoms with Crippen LogP contribution in [0.1, 0.15) is 33.6 Å². The van der Waals surface area contributed by atoms with Gasteiger partial charge in [-0.25, -0.2) is 0 Å². The van der Waals surface area contributed by atoms with Gasteiger partial charge in [0, 0.05) is 31.2 Å². The molecule has 1 heterocycles. The van der Waals surface area contributed by atoms with Crippen LogP contribution in [0.5, 0.6) is 0 Å². The van der Waals surface area contributed by atoms with Gasteiger partial charge in [0.25, 0.3) is 0 Å². The zero-order chi connectivity index (χ0) is 9.47. The molecule has 1 atom stereocenters. The van der Waals surface area contributed by atoms with Crippen LogP contribution in [0.3, 0.4) is 0 Å². The van der Waals surface area contributed by atoms with Gasteiger partial charge in [-0.15, -0.1) is 0 Å². The Labute approximate surface area is 81.7 Å². The summed E-state index contributed by atoms with van der Waals surface area (Å²) in [5, 5.41) is 3.64. The van der Waals surface area contributed by atoms with Crippen LogP contribution >= 0.6 is 0 Å². The van der Waals surface area contributed by atoms with Gasteiger partial charge in [0.15, 0.2) is 0 Å². The zero-order valence-electron chi connectivity index (χ0n) is 9.14. The second kappa shape index (κ2) is 3.25. The predicted molar refractivity (Wildman–Crippen MR) is 55.8 cm³/mol.